The van der Waals surface area contributed by atoms with Gasteiger partial charge in [-0.25, -0.2) is 0 Å². The summed E-state index contributed by atoms with van der Waals surface area (Å²) in [6.07, 6.45) is 5.96. The van der Waals surface area contributed by atoms with Crippen LogP contribution in [0.2, 0.25) is 0 Å². The Labute approximate surface area is 124 Å². The fourth-order valence-electron chi connectivity index (χ4n) is 3.50. The number of carbonyl (C=O) groups is 1. The SMILES string of the molecule is Cc1cc(C#N)ccc1C(=O)C1CC2CCCC(C1)S2. The Hall–Kier alpha value is -1.27. The monoisotopic (exact) mass is 285 g/mol. The van der Waals surface area contributed by atoms with Crippen molar-refractivity contribution >= 4 is 17.5 Å². The highest BCUT2D eigenvalue weighted by Crippen LogP contribution is 2.44. The molecule has 0 spiro atoms. The van der Waals surface area contributed by atoms with E-state index in [1.54, 1.807) is 6.07 Å². The predicted octanol–water partition coefficient (Wildman–Crippen LogP) is 4.11. The van der Waals surface area contributed by atoms with Crippen molar-refractivity contribution in [2.45, 2.75) is 49.5 Å². The van der Waals surface area contributed by atoms with Gasteiger partial charge < -0.3 is 0 Å². The van der Waals surface area contributed by atoms with E-state index in [9.17, 15) is 4.79 Å². The molecule has 3 rings (SSSR count). The summed E-state index contributed by atoms with van der Waals surface area (Å²) in [4.78, 5) is 12.8. The van der Waals surface area contributed by atoms with Crippen molar-refractivity contribution in [2.75, 3.05) is 0 Å². The van der Waals surface area contributed by atoms with Crippen LogP contribution < -0.4 is 0 Å². The molecule has 3 heteroatoms. The molecule has 0 saturated carbocycles. The zero-order chi connectivity index (χ0) is 14.1. The van der Waals surface area contributed by atoms with E-state index in [-0.39, 0.29) is 5.92 Å². The number of rotatable bonds is 2. The minimum Gasteiger partial charge on any atom is -0.294 e. The maximum atomic E-state index is 12.8. The minimum absolute atomic E-state index is 0.193. The second-order valence-corrected chi connectivity index (χ2v) is 7.59. The number of nitriles is 1. The van der Waals surface area contributed by atoms with Crippen molar-refractivity contribution < 1.29 is 4.79 Å². The summed E-state index contributed by atoms with van der Waals surface area (Å²) in [5.74, 6) is 0.488. The van der Waals surface area contributed by atoms with Crippen LogP contribution >= 0.6 is 11.8 Å². The van der Waals surface area contributed by atoms with Gasteiger partial charge in [-0.3, -0.25) is 4.79 Å². The third kappa shape index (κ3) is 2.62. The fourth-order valence-corrected chi connectivity index (χ4v) is 5.34. The molecule has 2 heterocycles. The van der Waals surface area contributed by atoms with Crippen molar-refractivity contribution in [1.29, 1.82) is 5.26 Å². The molecule has 2 aliphatic heterocycles. The normalized spacial score (nSPS) is 28.7. The first-order valence-electron chi connectivity index (χ1n) is 7.38. The quantitative estimate of drug-likeness (QED) is 0.768. The number of benzene rings is 1. The van der Waals surface area contributed by atoms with E-state index >= 15 is 0 Å². The number of Topliss-reactive ketones (excluding diaryl/α,β-unsaturated/α-hetero) is 1. The van der Waals surface area contributed by atoms with Gasteiger partial charge in [0.25, 0.3) is 0 Å². The lowest BCUT2D eigenvalue weighted by Gasteiger charge is -2.38. The molecule has 2 nitrogen and oxygen atoms in total. The van der Waals surface area contributed by atoms with Gasteiger partial charge in [0.05, 0.1) is 11.6 Å². The lowest BCUT2D eigenvalue weighted by Crippen LogP contribution is -2.33. The number of ketones is 1. The molecule has 2 saturated heterocycles. The highest BCUT2D eigenvalue weighted by atomic mass is 32.2. The lowest BCUT2D eigenvalue weighted by atomic mass is 9.83. The second kappa shape index (κ2) is 5.61. The molecular weight excluding hydrogens is 266 g/mol. The molecule has 104 valence electrons. The molecule has 20 heavy (non-hydrogen) atoms. The number of hydrogen-bond acceptors (Lipinski definition) is 3. The zero-order valence-corrected chi connectivity index (χ0v) is 12.6. The average Bonchev–Trinajstić information content (AvgIpc) is 2.46. The smallest absolute Gasteiger partial charge is 0.166 e. The molecule has 2 fully saturated rings. The molecule has 0 N–H and O–H groups in total. The summed E-state index contributed by atoms with van der Waals surface area (Å²) in [5, 5.41) is 10.3. The van der Waals surface area contributed by atoms with Crippen LogP contribution in [0.3, 0.4) is 0 Å². The van der Waals surface area contributed by atoms with E-state index < -0.39 is 0 Å². The Morgan fingerprint density at radius 1 is 1.30 bits per heavy atom. The highest BCUT2D eigenvalue weighted by Gasteiger charge is 2.36. The molecule has 2 aliphatic rings. The standard InChI is InChI=1S/C17H19NOS/c1-11-7-12(10-18)5-6-16(11)17(19)13-8-14-3-2-4-15(9-13)20-14/h5-7,13-15H,2-4,8-9H2,1H3. The van der Waals surface area contributed by atoms with Crippen LogP contribution in [0.25, 0.3) is 0 Å². The van der Waals surface area contributed by atoms with Gasteiger partial charge in [-0.2, -0.15) is 17.0 Å². The first kappa shape index (κ1) is 13.7. The van der Waals surface area contributed by atoms with Gasteiger partial charge in [0.1, 0.15) is 0 Å². The molecule has 1 aromatic carbocycles. The maximum Gasteiger partial charge on any atom is 0.166 e. The van der Waals surface area contributed by atoms with Crippen molar-refractivity contribution in [1.82, 2.24) is 0 Å². The molecule has 0 aromatic heterocycles. The van der Waals surface area contributed by atoms with Crippen molar-refractivity contribution in [2.24, 2.45) is 5.92 Å². The minimum atomic E-state index is 0.193. The van der Waals surface area contributed by atoms with E-state index in [0.717, 1.165) is 24.0 Å². The van der Waals surface area contributed by atoms with E-state index in [1.165, 1.54) is 19.3 Å². The van der Waals surface area contributed by atoms with E-state index in [1.807, 2.05) is 19.1 Å². The predicted molar refractivity (Wildman–Crippen MR) is 82.0 cm³/mol. The maximum absolute atomic E-state index is 12.8. The Morgan fingerprint density at radius 3 is 2.60 bits per heavy atom. The van der Waals surface area contributed by atoms with E-state index in [4.69, 9.17) is 5.26 Å². The number of thioether (sulfide) groups is 1. The summed E-state index contributed by atoms with van der Waals surface area (Å²) in [5.41, 5.74) is 2.39. The van der Waals surface area contributed by atoms with E-state index in [0.29, 0.717) is 21.8 Å². The van der Waals surface area contributed by atoms with E-state index in [2.05, 4.69) is 17.8 Å². The Bertz CT molecular complexity index is 563. The van der Waals surface area contributed by atoms with Crippen LogP contribution in [0.15, 0.2) is 18.2 Å². The van der Waals surface area contributed by atoms with Crippen LogP contribution in [0.1, 0.15) is 53.6 Å². The molecule has 1 aromatic rings. The topological polar surface area (TPSA) is 40.9 Å². The van der Waals surface area contributed by atoms with Crippen LogP contribution in [0.5, 0.6) is 0 Å². The van der Waals surface area contributed by atoms with Crippen LogP contribution in [-0.2, 0) is 0 Å². The number of fused-ring (bicyclic) bond motifs is 2. The largest absolute Gasteiger partial charge is 0.294 e. The third-order valence-electron chi connectivity index (χ3n) is 4.52. The molecule has 2 bridgehead atoms. The summed E-state index contributed by atoms with van der Waals surface area (Å²) in [6.45, 7) is 1.94. The summed E-state index contributed by atoms with van der Waals surface area (Å²) >= 11 is 2.10. The fraction of sp³-hybridized carbons (Fsp3) is 0.529. The molecular formula is C17H19NOS. The summed E-state index contributed by atoms with van der Waals surface area (Å²) < 4.78 is 0. The van der Waals surface area contributed by atoms with Crippen LogP contribution in [0.4, 0.5) is 0 Å². The highest BCUT2D eigenvalue weighted by molar-refractivity contribution is 8.00. The van der Waals surface area contributed by atoms with Crippen molar-refractivity contribution in [3.63, 3.8) is 0 Å². The summed E-state index contributed by atoms with van der Waals surface area (Å²) in [6, 6.07) is 7.56. The van der Waals surface area contributed by atoms with Crippen LogP contribution in [-0.4, -0.2) is 16.3 Å². The average molecular weight is 285 g/mol. The number of aryl methyl sites for hydroxylation is 1. The summed E-state index contributed by atoms with van der Waals surface area (Å²) in [7, 11) is 0. The molecule has 2 atom stereocenters. The second-order valence-electron chi connectivity index (χ2n) is 5.99. The third-order valence-corrected chi connectivity index (χ3v) is 6.15. The van der Waals surface area contributed by atoms with Gasteiger partial charge in [-0.15, -0.1) is 0 Å². The molecule has 0 amide bonds. The Balaban J connectivity index is 1.80. The first-order chi connectivity index (χ1) is 9.67. The first-order valence-corrected chi connectivity index (χ1v) is 8.32. The van der Waals surface area contributed by atoms with Crippen molar-refractivity contribution in [3.8, 4) is 6.07 Å². The molecule has 0 radical (unpaired) electrons. The molecule has 0 aliphatic carbocycles. The lowest BCUT2D eigenvalue weighted by molar-refractivity contribution is 0.0896. The van der Waals surface area contributed by atoms with Gasteiger partial charge in [-0.1, -0.05) is 6.42 Å². The molecule has 2 unspecified atom stereocenters. The Morgan fingerprint density at radius 2 is 2.00 bits per heavy atom. The van der Waals surface area contributed by atoms with Gasteiger partial charge in [0, 0.05) is 22.0 Å². The number of nitrogens with zero attached hydrogens (tertiary/aromatic N) is 1. The van der Waals surface area contributed by atoms with Gasteiger partial charge in [0.15, 0.2) is 5.78 Å². The van der Waals surface area contributed by atoms with Gasteiger partial charge in [0.2, 0.25) is 0 Å². The van der Waals surface area contributed by atoms with Crippen molar-refractivity contribution in [3.05, 3.63) is 34.9 Å². The zero-order valence-electron chi connectivity index (χ0n) is 11.8. The Kier molecular flexibility index (Phi) is 3.85. The number of carbonyl (C=O) groups excluding carboxylic acids is 1. The number of hydrogen-bond donors (Lipinski definition) is 0. The van der Waals surface area contributed by atoms with Crippen LogP contribution in [0, 0.1) is 24.2 Å². The van der Waals surface area contributed by atoms with Gasteiger partial charge >= 0.3 is 0 Å². The van der Waals surface area contributed by atoms with Gasteiger partial charge in [-0.05, 0) is 56.4 Å².